The Morgan fingerprint density at radius 2 is 1.58 bits per heavy atom. The van der Waals surface area contributed by atoms with Crippen LogP contribution in [-0.2, 0) is 16.1 Å². The summed E-state index contributed by atoms with van der Waals surface area (Å²) in [6.07, 6.45) is -0.624. The van der Waals surface area contributed by atoms with E-state index in [0.29, 0.717) is 17.3 Å². The van der Waals surface area contributed by atoms with E-state index in [9.17, 15) is 9.59 Å². The topological polar surface area (TPSA) is 67.4 Å². The molecule has 2 aromatic rings. The number of ether oxygens (including phenoxy) is 1. The monoisotopic (exact) mass is 374 g/mol. The first-order valence-corrected chi connectivity index (χ1v) is 8.82. The number of anilines is 1. The molecule has 2 rings (SSSR count). The zero-order valence-electron chi connectivity index (χ0n) is 15.1. The summed E-state index contributed by atoms with van der Waals surface area (Å²) in [5.74, 6) is 0.273. The fraction of sp³-hybridized carbons (Fsp3) is 0.300. The lowest BCUT2D eigenvalue weighted by Gasteiger charge is -2.15. The molecule has 0 heterocycles. The zero-order valence-corrected chi connectivity index (χ0v) is 15.8. The highest BCUT2D eigenvalue weighted by molar-refractivity contribution is 6.30. The molecule has 138 valence electrons. The second kappa shape index (κ2) is 9.25. The zero-order chi connectivity index (χ0) is 19.1. The maximum atomic E-state index is 12.2. The number of carbonyl (C=O) groups excluding carboxylic acids is 2. The van der Waals surface area contributed by atoms with Gasteiger partial charge in [-0.3, -0.25) is 9.59 Å². The minimum atomic E-state index is -0.624. The maximum absolute atomic E-state index is 12.2. The molecule has 0 bridgehead atoms. The van der Waals surface area contributed by atoms with Gasteiger partial charge in [0.15, 0.2) is 6.10 Å². The number of amides is 2. The van der Waals surface area contributed by atoms with E-state index in [4.69, 9.17) is 16.3 Å². The van der Waals surface area contributed by atoms with Crippen molar-refractivity contribution in [1.29, 1.82) is 0 Å². The molecule has 0 radical (unpaired) electrons. The van der Waals surface area contributed by atoms with Gasteiger partial charge in [-0.15, -0.1) is 0 Å². The van der Waals surface area contributed by atoms with E-state index in [1.807, 2.05) is 38.1 Å². The van der Waals surface area contributed by atoms with Gasteiger partial charge in [-0.2, -0.15) is 0 Å². The van der Waals surface area contributed by atoms with Crippen molar-refractivity contribution >= 4 is 29.1 Å². The number of hydrogen-bond acceptors (Lipinski definition) is 3. The molecule has 0 saturated heterocycles. The average molecular weight is 375 g/mol. The molecule has 0 fully saturated rings. The fourth-order valence-electron chi connectivity index (χ4n) is 2.10. The Morgan fingerprint density at radius 3 is 2.15 bits per heavy atom. The van der Waals surface area contributed by atoms with Gasteiger partial charge in [-0.1, -0.05) is 37.6 Å². The number of rotatable bonds is 7. The summed E-state index contributed by atoms with van der Waals surface area (Å²) >= 11 is 5.82. The first-order chi connectivity index (χ1) is 12.3. The largest absolute Gasteiger partial charge is 0.481 e. The van der Waals surface area contributed by atoms with Crippen LogP contribution in [0.5, 0.6) is 5.75 Å². The van der Waals surface area contributed by atoms with Gasteiger partial charge < -0.3 is 15.4 Å². The summed E-state index contributed by atoms with van der Waals surface area (Å²) in [6, 6.07) is 14.2. The lowest BCUT2D eigenvalue weighted by molar-refractivity contribution is -0.127. The summed E-state index contributed by atoms with van der Waals surface area (Å²) < 4.78 is 5.59. The smallest absolute Gasteiger partial charge is 0.261 e. The van der Waals surface area contributed by atoms with Crippen molar-refractivity contribution in [3.05, 3.63) is 59.1 Å². The quantitative estimate of drug-likeness (QED) is 0.769. The Morgan fingerprint density at radius 1 is 0.962 bits per heavy atom. The SMILES string of the molecule is CC(C)C(=O)Nc1ccc(CNC(=O)C(C)Oc2ccc(Cl)cc2)cc1. The van der Waals surface area contributed by atoms with Crippen LogP contribution >= 0.6 is 11.6 Å². The van der Waals surface area contributed by atoms with Crippen molar-refractivity contribution in [3.8, 4) is 5.75 Å². The molecule has 2 amide bonds. The molecule has 0 aromatic heterocycles. The van der Waals surface area contributed by atoms with E-state index < -0.39 is 6.10 Å². The van der Waals surface area contributed by atoms with E-state index in [2.05, 4.69) is 10.6 Å². The molecule has 1 atom stereocenters. The van der Waals surface area contributed by atoms with Crippen LogP contribution in [-0.4, -0.2) is 17.9 Å². The fourth-order valence-corrected chi connectivity index (χ4v) is 2.22. The van der Waals surface area contributed by atoms with Gasteiger partial charge in [-0.25, -0.2) is 0 Å². The lowest BCUT2D eigenvalue weighted by atomic mass is 10.1. The first kappa shape index (κ1) is 19.8. The van der Waals surface area contributed by atoms with Crippen molar-refractivity contribution < 1.29 is 14.3 Å². The molecule has 1 unspecified atom stereocenters. The first-order valence-electron chi connectivity index (χ1n) is 8.45. The Labute approximate surface area is 158 Å². The summed E-state index contributed by atoms with van der Waals surface area (Å²) in [4.78, 5) is 23.8. The van der Waals surface area contributed by atoms with Crippen molar-refractivity contribution in [3.63, 3.8) is 0 Å². The van der Waals surface area contributed by atoms with Crippen LogP contribution in [0.1, 0.15) is 26.3 Å². The Kier molecular flexibility index (Phi) is 7.04. The third kappa shape index (κ3) is 6.08. The highest BCUT2D eigenvalue weighted by Gasteiger charge is 2.14. The van der Waals surface area contributed by atoms with Crippen molar-refractivity contribution in [2.45, 2.75) is 33.4 Å². The van der Waals surface area contributed by atoms with Crippen LogP contribution in [0.4, 0.5) is 5.69 Å². The second-order valence-corrected chi connectivity index (χ2v) is 6.71. The second-order valence-electron chi connectivity index (χ2n) is 6.27. The van der Waals surface area contributed by atoms with Crippen LogP contribution in [0.2, 0.25) is 5.02 Å². The van der Waals surface area contributed by atoms with Crippen LogP contribution in [0.25, 0.3) is 0 Å². The predicted molar refractivity (Wildman–Crippen MR) is 103 cm³/mol. The van der Waals surface area contributed by atoms with Gasteiger partial charge in [0.25, 0.3) is 5.91 Å². The van der Waals surface area contributed by atoms with Gasteiger partial charge in [0, 0.05) is 23.2 Å². The summed E-state index contributed by atoms with van der Waals surface area (Å²) in [6.45, 7) is 5.75. The standard InChI is InChI=1S/C20H23ClN2O3/c1-13(2)19(24)23-17-8-4-15(5-9-17)12-22-20(25)14(3)26-18-10-6-16(21)7-11-18/h4-11,13-14H,12H2,1-3H3,(H,22,25)(H,23,24). The molecular weight excluding hydrogens is 352 g/mol. The van der Waals surface area contributed by atoms with Gasteiger partial charge in [0.1, 0.15) is 5.75 Å². The van der Waals surface area contributed by atoms with E-state index in [0.717, 1.165) is 11.3 Å². The number of nitrogens with one attached hydrogen (secondary N) is 2. The molecular formula is C20H23ClN2O3. The minimum absolute atomic E-state index is 0.0285. The molecule has 0 spiro atoms. The molecule has 2 aromatic carbocycles. The van der Waals surface area contributed by atoms with E-state index in [1.54, 1.807) is 31.2 Å². The van der Waals surface area contributed by atoms with Crippen LogP contribution in [0.3, 0.4) is 0 Å². The van der Waals surface area contributed by atoms with Crippen molar-refractivity contribution in [2.75, 3.05) is 5.32 Å². The third-order valence-electron chi connectivity index (χ3n) is 3.71. The Bertz CT molecular complexity index is 743. The molecule has 0 saturated carbocycles. The molecule has 26 heavy (non-hydrogen) atoms. The number of benzene rings is 2. The highest BCUT2D eigenvalue weighted by Crippen LogP contribution is 2.17. The number of carbonyl (C=O) groups is 2. The summed E-state index contributed by atoms with van der Waals surface area (Å²) in [5.41, 5.74) is 1.66. The minimum Gasteiger partial charge on any atom is -0.481 e. The van der Waals surface area contributed by atoms with Crippen molar-refractivity contribution in [1.82, 2.24) is 5.32 Å². The molecule has 0 aliphatic heterocycles. The highest BCUT2D eigenvalue weighted by atomic mass is 35.5. The van der Waals surface area contributed by atoms with Crippen molar-refractivity contribution in [2.24, 2.45) is 5.92 Å². The third-order valence-corrected chi connectivity index (χ3v) is 3.96. The predicted octanol–water partition coefficient (Wildman–Crippen LogP) is 4.02. The molecule has 6 heteroatoms. The normalized spacial score (nSPS) is 11.7. The Hall–Kier alpha value is -2.53. The summed E-state index contributed by atoms with van der Waals surface area (Å²) in [5, 5.41) is 6.27. The number of halogens is 1. The molecule has 0 aliphatic carbocycles. The molecule has 2 N–H and O–H groups in total. The molecule has 5 nitrogen and oxygen atoms in total. The van der Waals surface area contributed by atoms with E-state index in [-0.39, 0.29) is 17.7 Å². The van der Waals surface area contributed by atoms with E-state index >= 15 is 0 Å². The van der Waals surface area contributed by atoms with Gasteiger partial charge in [0.2, 0.25) is 5.91 Å². The van der Waals surface area contributed by atoms with E-state index in [1.165, 1.54) is 0 Å². The van der Waals surface area contributed by atoms with Crippen LogP contribution in [0.15, 0.2) is 48.5 Å². The maximum Gasteiger partial charge on any atom is 0.261 e. The van der Waals surface area contributed by atoms with Crippen LogP contribution in [0, 0.1) is 5.92 Å². The van der Waals surface area contributed by atoms with Gasteiger partial charge in [0.05, 0.1) is 0 Å². The molecule has 0 aliphatic rings. The Balaban J connectivity index is 1.82. The number of hydrogen-bond donors (Lipinski definition) is 2. The van der Waals surface area contributed by atoms with Gasteiger partial charge in [-0.05, 0) is 48.9 Å². The lowest BCUT2D eigenvalue weighted by Crippen LogP contribution is -2.35. The average Bonchev–Trinajstić information content (AvgIpc) is 2.62. The van der Waals surface area contributed by atoms with Gasteiger partial charge >= 0.3 is 0 Å². The van der Waals surface area contributed by atoms with Crippen LogP contribution < -0.4 is 15.4 Å². The summed E-state index contributed by atoms with van der Waals surface area (Å²) in [7, 11) is 0.